The first-order valence-electron chi connectivity index (χ1n) is 8.16. The van der Waals surface area contributed by atoms with Crippen LogP contribution in [0.4, 0.5) is 0 Å². The first-order chi connectivity index (χ1) is 10.8. The highest BCUT2D eigenvalue weighted by molar-refractivity contribution is 5.21. The third-order valence-electron chi connectivity index (χ3n) is 4.92. The van der Waals surface area contributed by atoms with Crippen molar-refractivity contribution in [1.29, 1.82) is 0 Å². The molecule has 2 atom stereocenters. The van der Waals surface area contributed by atoms with E-state index >= 15 is 0 Å². The lowest BCUT2D eigenvalue weighted by atomic mass is 9.69. The predicted octanol–water partition coefficient (Wildman–Crippen LogP) is 3.99. The van der Waals surface area contributed by atoms with Crippen molar-refractivity contribution in [2.75, 3.05) is 6.61 Å². The molecule has 2 heteroatoms. The van der Waals surface area contributed by atoms with E-state index in [4.69, 9.17) is 9.47 Å². The molecule has 0 N–H and O–H groups in total. The van der Waals surface area contributed by atoms with Gasteiger partial charge in [-0.15, -0.1) is 0 Å². The van der Waals surface area contributed by atoms with Crippen molar-refractivity contribution in [2.24, 2.45) is 5.41 Å². The lowest BCUT2D eigenvalue weighted by Gasteiger charge is -2.40. The van der Waals surface area contributed by atoms with Crippen LogP contribution in [0.15, 0.2) is 60.7 Å². The Kier molecular flexibility index (Phi) is 3.73. The van der Waals surface area contributed by atoms with Crippen molar-refractivity contribution in [1.82, 2.24) is 0 Å². The first kappa shape index (κ1) is 14.0. The summed E-state index contributed by atoms with van der Waals surface area (Å²) in [6.45, 7) is 0.760. The SMILES string of the molecule is c1ccc(CC2(Cc3ccccc3)C[C@H]3CO[C@@H](C2)O3)cc1. The molecule has 2 aliphatic heterocycles. The molecular weight excluding hydrogens is 272 g/mol. The average Bonchev–Trinajstić information content (AvgIpc) is 2.88. The number of ether oxygens (including phenoxy) is 2. The Morgan fingerprint density at radius 2 is 1.41 bits per heavy atom. The van der Waals surface area contributed by atoms with Gasteiger partial charge in [-0.05, 0) is 35.8 Å². The minimum Gasteiger partial charge on any atom is -0.350 e. The summed E-state index contributed by atoms with van der Waals surface area (Å²) in [5.41, 5.74) is 3.08. The molecule has 2 aromatic carbocycles. The van der Waals surface area contributed by atoms with Crippen LogP contribution in [-0.2, 0) is 22.3 Å². The highest BCUT2D eigenvalue weighted by Crippen LogP contribution is 2.45. The third kappa shape index (κ3) is 2.94. The van der Waals surface area contributed by atoms with Gasteiger partial charge in [0.2, 0.25) is 0 Å². The maximum atomic E-state index is 5.91. The summed E-state index contributed by atoms with van der Waals surface area (Å²) >= 11 is 0. The second-order valence-electron chi connectivity index (χ2n) is 6.75. The lowest BCUT2D eigenvalue weighted by Crippen LogP contribution is -2.39. The fourth-order valence-corrected chi connectivity index (χ4v) is 4.05. The molecule has 0 amide bonds. The number of hydrogen-bond acceptors (Lipinski definition) is 2. The Balaban J connectivity index is 1.62. The molecule has 0 unspecified atom stereocenters. The Bertz CT molecular complexity index is 553. The quantitative estimate of drug-likeness (QED) is 0.848. The van der Waals surface area contributed by atoms with E-state index in [1.807, 2.05) is 0 Å². The second kappa shape index (κ2) is 5.86. The summed E-state index contributed by atoms with van der Waals surface area (Å²) in [6.07, 6.45) is 4.54. The van der Waals surface area contributed by atoms with Gasteiger partial charge in [-0.3, -0.25) is 0 Å². The lowest BCUT2D eigenvalue weighted by molar-refractivity contribution is -0.124. The first-order valence-corrected chi connectivity index (χ1v) is 8.16. The summed E-state index contributed by atoms with van der Waals surface area (Å²) in [4.78, 5) is 0. The van der Waals surface area contributed by atoms with Crippen LogP contribution in [0.2, 0.25) is 0 Å². The Morgan fingerprint density at radius 3 is 1.95 bits per heavy atom. The molecule has 0 aromatic heterocycles. The summed E-state index contributed by atoms with van der Waals surface area (Å²) in [7, 11) is 0. The number of hydrogen-bond donors (Lipinski definition) is 0. The molecule has 22 heavy (non-hydrogen) atoms. The van der Waals surface area contributed by atoms with E-state index in [1.54, 1.807) is 0 Å². The van der Waals surface area contributed by atoms with E-state index in [0.29, 0.717) is 0 Å². The third-order valence-corrected chi connectivity index (χ3v) is 4.92. The summed E-state index contributed by atoms with van der Waals surface area (Å²) in [5, 5.41) is 0. The minimum atomic E-state index is -0.00817. The van der Waals surface area contributed by atoms with Gasteiger partial charge < -0.3 is 9.47 Å². The van der Waals surface area contributed by atoms with Gasteiger partial charge in [-0.2, -0.15) is 0 Å². The van der Waals surface area contributed by atoms with Crippen LogP contribution in [-0.4, -0.2) is 19.0 Å². The summed E-state index contributed by atoms with van der Waals surface area (Å²) in [6, 6.07) is 21.7. The topological polar surface area (TPSA) is 18.5 Å². The largest absolute Gasteiger partial charge is 0.350 e. The van der Waals surface area contributed by atoms with Crippen molar-refractivity contribution >= 4 is 0 Å². The molecule has 0 radical (unpaired) electrons. The average molecular weight is 294 g/mol. The van der Waals surface area contributed by atoms with E-state index in [1.165, 1.54) is 11.1 Å². The van der Waals surface area contributed by atoms with E-state index < -0.39 is 0 Å². The van der Waals surface area contributed by atoms with Crippen LogP contribution < -0.4 is 0 Å². The van der Waals surface area contributed by atoms with Crippen molar-refractivity contribution < 1.29 is 9.47 Å². The van der Waals surface area contributed by atoms with E-state index in [2.05, 4.69) is 60.7 Å². The fourth-order valence-electron chi connectivity index (χ4n) is 4.05. The van der Waals surface area contributed by atoms with Gasteiger partial charge in [0.25, 0.3) is 0 Å². The smallest absolute Gasteiger partial charge is 0.158 e. The second-order valence-corrected chi connectivity index (χ2v) is 6.75. The molecular formula is C20H22O2. The highest BCUT2D eigenvalue weighted by atomic mass is 16.7. The van der Waals surface area contributed by atoms with Crippen LogP contribution in [0.25, 0.3) is 0 Å². The maximum absolute atomic E-state index is 5.91. The Morgan fingerprint density at radius 1 is 0.818 bits per heavy atom. The zero-order valence-electron chi connectivity index (χ0n) is 12.8. The van der Waals surface area contributed by atoms with Crippen molar-refractivity contribution in [2.45, 2.75) is 38.1 Å². The molecule has 2 fully saturated rings. The maximum Gasteiger partial charge on any atom is 0.158 e. The number of benzene rings is 2. The van der Waals surface area contributed by atoms with Crippen molar-refractivity contribution in [3.05, 3.63) is 71.8 Å². The van der Waals surface area contributed by atoms with Crippen molar-refractivity contribution in [3.63, 3.8) is 0 Å². The predicted molar refractivity (Wildman–Crippen MR) is 86.6 cm³/mol. The number of fused-ring (bicyclic) bond motifs is 2. The van der Waals surface area contributed by atoms with Crippen LogP contribution in [0, 0.1) is 5.41 Å². The standard InChI is InChI=1S/C20H22O2/c1-3-7-16(8-4-1)11-20(12-17-9-5-2-6-10-17)13-18-15-21-19(14-20)22-18/h1-10,18-19H,11-15H2/t18-,19+/m0/s1. The van der Waals surface area contributed by atoms with Gasteiger partial charge in [0.1, 0.15) is 0 Å². The molecule has 2 aliphatic rings. The van der Waals surface area contributed by atoms with Crippen molar-refractivity contribution in [3.8, 4) is 0 Å². The van der Waals surface area contributed by atoms with Crippen LogP contribution in [0.5, 0.6) is 0 Å². The number of rotatable bonds is 4. The van der Waals surface area contributed by atoms with Gasteiger partial charge in [-0.25, -0.2) is 0 Å². The fraction of sp³-hybridized carbons (Fsp3) is 0.400. The summed E-state index contributed by atoms with van der Waals surface area (Å²) in [5.74, 6) is 0. The Labute approximate surface area is 132 Å². The highest BCUT2D eigenvalue weighted by Gasteiger charge is 2.45. The van der Waals surface area contributed by atoms with Gasteiger partial charge in [0.05, 0.1) is 12.7 Å². The normalized spacial score (nSPS) is 26.0. The van der Waals surface area contributed by atoms with Gasteiger partial charge in [-0.1, -0.05) is 60.7 Å². The minimum absolute atomic E-state index is 0.00817. The van der Waals surface area contributed by atoms with Gasteiger partial charge >= 0.3 is 0 Å². The van der Waals surface area contributed by atoms with E-state index in [9.17, 15) is 0 Å². The van der Waals surface area contributed by atoms with Crippen LogP contribution in [0.1, 0.15) is 24.0 Å². The van der Waals surface area contributed by atoms with Gasteiger partial charge in [0.15, 0.2) is 6.29 Å². The molecule has 0 aliphatic carbocycles. The molecule has 2 saturated heterocycles. The monoisotopic (exact) mass is 294 g/mol. The van der Waals surface area contributed by atoms with E-state index in [-0.39, 0.29) is 17.8 Å². The molecule has 0 saturated carbocycles. The van der Waals surface area contributed by atoms with E-state index in [0.717, 1.165) is 32.3 Å². The molecule has 4 rings (SSSR count). The van der Waals surface area contributed by atoms with Crippen LogP contribution in [0.3, 0.4) is 0 Å². The Hall–Kier alpha value is -1.64. The molecule has 2 bridgehead atoms. The molecule has 2 nitrogen and oxygen atoms in total. The zero-order chi connectivity index (χ0) is 14.8. The molecule has 2 heterocycles. The molecule has 0 spiro atoms. The van der Waals surface area contributed by atoms with Crippen LogP contribution >= 0.6 is 0 Å². The molecule has 2 aromatic rings. The molecule has 114 valence electrons. The summed E-state index contributed by atoms with van der Waals surface area (Å²) < 4.78 is 11.7. The zero-order valence-corrected chi connectivity index (χ0v) is 12.8. The van der Waals surface area contributed by atoms with Gasteiger partial charge in [0, 0.05) is 6.42 Å².